The summed E-state index contributed by atoms with van der Waals surface area (Å²) in [5.74, 6) is 0.864. The molecule has 0 aliphatic heterocycles. The van der Waals surface area contributed by atoms with Crippen LogP contribution in [0.4, 0.5) is 0 Å². The lowest BCUT2D eigenvalue weighted by molar-refractivity contribution is 0.0115. The van der Waals surface area contributed by atoms with Gasteiger partial charge in [-0.3, -0.25) is 0 Å². The van der Waals surface area contributed by atoms with Gasteiger partial charge in [0.25, 0.3) is 0 Å². The van der Waals surface area contributed by atoms with Crippen LogP contribution >= 0.6 is 0 Å². The Kier molecular flexibility index (Phi) is 4.12. The minimum atomic E-state index is -0.0390. The molecule has 0 fully saturated rings. The number of rotatable bonds is 6. The lowest BCUT2D eigenvalue weighted by Crippen LogP contribution is -2.08. The van der Waals surface area contributed by atoms with Gasteiger partial charge in [-0.05, 0) is 26.0 Å². The first kappa shape index (κ1) is 12.1. The number of para-hydroxylation sites is 2. The molecule has 0 saturated heterocycles. The van der Waals surface area contributed by atoms with Crippen LogP contribution in [0.3, 0.4) is 0 Å². The van der Waals surface area contributed by atoms with E-state index in [1.54, 1.807) is 0 Å². The van der Waals surface area contributed by atoms with Gasteiger partial charge in [0.1, 0.15) is 11.9 Å². The van der Waals surface area contributed by atoms with Crippen molar-refractivity contribution in [2.45, 2.75) is 20.0 Å². The number of hydrogen-bond donors (Lipinski definition) is 1. The van der Waals surface area contributed by atoms with Crippen molar-refractivity contribution in [3.05, 3.63) is 30.1 Å². The summed E-state index contributed by atoms with van der Waals surface area (Å²) in [5.41, 5.74) is 2.02. The van der Waals surface area contributed by atoms with Gasteiger partial charge in [0.05, 0.1) is 24.2 Å². The number of aromatic nitrogens is 2. The highest BCUT2D eigenvalue weighted by molar-refractivity contribution is 5.74. The zero-order valence-electron chi connectivity index (χ0n) is 10.3. The Morgan fingerprint density at radius 1 is 1.29 bits per heavy atom. The van der Waals surface area contributed by atoms with E-state index in [4.69, 9.17) is 9.47 Å². The molecule has 0 saturated carbocycles. The molecule has 1 heterocycles. The van der Waals surface area contributed by atoms with E-state index in [9.17, 15) is 0 Å². The average Bonchev–Trinajstić information content (AvgIpc) is 2.78. The lowest BCUT2D eigenvalue weighted by atomic mass is 10.3. The molecule has 1 aromatic carbocycles. The second-order valence-corrected chi connectivity index (χ2v) is 3.85. The van der Waals surface area contributed by atoms with Crippen LogP contribution in [-0.2, 0) is 9.47 Å². The predicted octanol–water partition coefficient (Wildman–Crippen LogP) is 2.68. The third-order valence-electron chi connectivity index (χ3n) is 2.59. The number of nitrogens with zero attached hydrogens (tertiary/aromatic N) is 1. The molecule has 0 aliphatic carbocycles. The molecule has 4 heteroatoms. The highest BCUT2D eigenvalue weighted by atomic mass is 16.5. The fraction of sp³-hybridized carbons (Fsp3) is 0.462. The first-order chi connectivity index (χ1) is 8.31. The number of fused-ring (bicyclic) bond motifs is 1. The SMILES string of the molecule is CCOCCOC(C)c1nc2ccccc2[nH]1. The molecule has 1 N–H and O–H groups in total. The number of ether oxygens (including phenoxy) is 2. The van der Waals surface area contributed by atoms with Gasteiger partial charge in [-0.2, -0.15) is 0 Å². The van der Waals surface area contributed by atoms with Crippen LogP contribution < -0.4 is 0 Å². The summed E-state index contributed by atoms with van der Waals surface area (Å²) in [4.78, 5) is 7.75. The number of imidazole rings is 1. The Morgan fingerprint density at radius 3 is 2.88 bits per heavy atom. The van der Waals surface area contributed by atoms with Gasteiger partial charge in [0.2, 0.25) is 0 Å². The van der Waals surface area contributed by atoms with Crippen LogP contribution in [0.2, 0.25) is 0 Å². The lowest BCUT2D eigenvalue weighted by Gasteiger charge is -2.10. The molecule has 1 aromatic heterocycles. The quantitative estimate of drug-likeness (QED) is 0.782. The zero-order chi connectivity index (χ0) is 12.1. The summed E-state index contributed by atoms with van der Waals surface area (Å²) >= 11 is 0. The van der Waals surface area contributed by atoms with Crippen LogP contribution in [0, 0.1) is 0 Å². The van der Waals surface area contributed by atoms with Crippen LogP contribution in [0.15, 0.2) is 24.3 Å². The first-order valence-electron chi connectivity index (χ1n) is 5.95. The largest absolute Gasteiger partial charge is 0.379 e. The third-order valence-corrected chi connectivity index (χ3v) is 2.59. The second kappa shape index (κ2) is 5.80. The summed E-state index contributed by atoms with van der Waals surface area (Å²) in [6, 6.07) is 7.97. The molecule has 0 radical (unpaired) electrons. The van der Waals surface area contributed by atoms with E-state index < -0.39 is 0 Å². The second-order valence-electron chi connectivity index (χ2n) is 3.85. The Bertz CT molecular complexity index is 434. The standard InChI is InChI=1S/C13H18N2O2/c1-3-16-8-9-17-10(2)13-14-11-6-4-5-7-12(11)15-13/h4-7,10H,3,8-9H2,1-2H3,(H,14,15). The highest BCUT2D eigenvalue weighted by Crippen LogP contribution is 2.17. The Hall–Kier alpha value is -1.39. The maximum Gasteiger partial charge on any atom is 0.136 e. The molecular formula is C13H18N2O2. The molecular weight excluding hydrogens is 216 g/mol. The van der Waals surface area contributed by atoms with Crippen LogP contribution in [0.5, 0.6) is 0 Å². The Morgan fingerprint density at radius 2 is 2.12 bits per heavy atom. The molecule has 1 atom stereocenters. The summed E-state index contributed by atoms with van der Waals surface area (Å²) in [6.07, 6.45) is -0.0390. The number of nitrogens with one attached hydrogen (secondary N) is 1. The van der Waals surface area contributed by atoms with Crippen molar-refractivity contribution >= 4 is 11.0 Å². The molecule has 2 rings (SSSR count). The van der Waals surface area contributed by atoms with E-state index in [1.165, 1.54) is 0 Å². The van der Waals surface area contributed by atoms with Crippen molar-refractivity contribution in [1.29, 1.82) is 0 Å². The monoisotopic (exact) mass is 234 g/mol. The molecule has 0 spiro atoms. The molecule has 0 bridgehead atoms. The minimum Gasteiger partial charge on any atom is -0.379 e. The van der Waals surface area contributed by atoms with E-state index in [2.05, 4.69) is 9.97 Å². The fourth-order valence-corrected chi connectivity index (χ4v) is 1.67. The fourth-order valence-electron chi connectivity index (χ4n) is 1.67. The third kappa shape index (κ3) is 3.05. The van der Waals surface area contributed by atoms with Gasteiger partial charge in [0.15, 0.2) is 0 Å². The molecule has 0 amide bonds. The molecule has 1 unspecified atom stereocenters. The molecule has 4 nitrogen and oxygen atoms in total. The van der Waals surface area contributed by atoms with Crippen molar-refractivity contribution in [2.75, 3.05) is 19.8 Å². The molecule has 17 heavy (non-hydrogen) atoms. The summed E-state index contributed by atoms with van der Waals surface area (Å²) in [6.45, 7) is 5.90. The molecule has 2 aromatic rings. The van der Waals surface area contributed by atoms with E-state index in [0.717, 1.165) is 23.5 Å². The van der Waals surface area contributed by atoms with Gasteiger partial charge >= 0.3 is 0 Å². The normalized spacial score (nSPS) is 13.1. The van der Waals surface area contributed by atoms with Crippen LogP contribution in [0.1, 0.15) is 25.8 Å². The van der Waals surface area contributed by atoms with Crippen LogP contribution in [0.25, 0.3) is 11.0 Å². The van der Waals surface area contributed by atoms with E-state index in [1.807, 2.05) is 38.1 Å². The van der Waals surface area contributed by atoms with Gasteiger partial charge in [-0.15, -0.1) is 0 Å². The molecule has 92 valence electrons. The van der Waals surface area contributed by atoms with Gasteiger partial charge in [0, 0.05) is 6.61 Å². The number of benzene rings is 1. The minimum absolute atomic E-state index is 0.0390. The van der Waals surface area contributed by atoms with Gasteiger partial charge in [-0.1, -0.05) is 12.1 Å². The van der Waals surface area contributed by atoms with Crippen molar-refractivity contribution in [3.8, 4) is 0 Å². The number of aromatic amines is 1. The Balaban J connectivity index is 1.96. The van der Waals surface area contributed by atoms with E-state index in [0.29, 0.717) is 13.2 Å². The van der Waals surface area contributed by atoms with Crippen molar-refractivity contribution < 1.29 is 9.47 Å². The van der Waals surface area contributed by atoms with Crippen molar-refractivity contribution in [3.63, 3.8) is 0 Å². The predicted molar refractivity (Wildman–Crippen MR) is 67.0 cm³/mol. The maximum absolute atomic E-state index is 5.64. The summed E-state index contributed by atoms with van der Waals surface area (Å²) in [7, 11) is 0. The average molecular weight is 234 g/mol. The van der Waals surface area contributed by atoms with Gasteiger partial charge < -0.3 is 14.5 Å². The molecule has 0 aliphatic rings. The zero-order valence-corrected chi connectivity index (χ0v) is 10.3. The Labute approximate surface area is 101 Å². The van der Waals surface area contributed by atoms with E-state index >= 15 is 0 Å². The first-order valence-corrected chi connectivity index (χ1v) is 5.95. The van der Waals surface area contributed by atoms with Crippen LogP contribution in [-0.4, -0.2) is 29.8 Å². The smallest absolute Gasteiger partial charge is 0.136 e. The van der Waals surface area contributed by atoms with E-state index in [-0.39, 0.29) is 6.10 Å². The number of hydrogen-bond acceptors (Lipinski definition) is 3. The topological polar surface area (TPSA) is 47.1 Å². The highest BCUT2D eigenvalue weighted by Gasteiger charge is 2.10. The summed E-state index contributed by atoms with van der Waals surface area (Å²) < 4.78 is 10.9. The van der Waals surface area contributed by atoms with Crippen molar-refractivity contribution in [1.82, 2.24) is 9.97 Å². The van der Waals surface area contributed by atoms with Gasteiger partial charge in [-0.25, -0.2) is 4.98 Å². The van der Waals surface area contributed by atoms with Crippen molar-refractivity contribution in [2.24, 2.45) is 0 Å². The number of H-pyrrole nitrogens is 1. The summed E-state index contributed by atoms with van der Waals surface area (Å²) in [5, 5.41) is 0. The maximum atomic E-state index is 5.64.